The topological polar surface area (TPSA) is 29.5 Å². The van der Waals surface area contributed by atoms with Crippen LogP contribution in [-0.4, -0.2) is 35.1 Å². The van der Waals surface area contributed by atoms with Gasteiger partial charge in [-0.3, -0.25) is 0 Å². The molecule has 0 unspecified atom stereocenters. The molecule has 25 heavy (non-hydrogen) atoms. The number of carbonyl (C=O) groups excluding carboxylic acids is 1. The lowest BCUT2D eigenvalue weighted by molar-refractivity contribution is -0.0568. The summed E-state index contributed by atoms with van der Waals surface area (Å²) in [6.45, 7) is 5.90. The Morgan fingerprint density at radius 3 is 2.52 bits per heavy atom. The molecule has 0 heterocycles. The fraction of sp³-hybridized carbons (Fsp3) is 0.632. The van der Waals surface area contributed by atoms with Gasteiger partial charge in [0.05, 0.1) is 0 Å². The third-order valence-corrected chi connectivity index (χ3v) is 4.78. The van der Waals surface area contributed by atoms with Crippen molar-refractivity contribution in [3.8, 4) is 0 Å². The Labute approximate surface area is 156 Å². The Morgan fingerprint density at radius 2 is 1.96 bits per heavy atom. The molecule has 0 atom stereocenters. The number of ether oxygens (including phenoxy) is 1. The van der Waals surface area contributed by atoms with Crippen molar-refractivity contribution >= 4 is 22.0 Å². The molecule has 1 saturated carbocycles. The van der Waals surface area contributed by atoms with E-state index in [1.165, 1.54) is 0 Å². The minimum Gasteiger partial charge on any atom is -0.444 e. The summed E-state index contributed by atoms with van der Waals surface area (Å²) in [5.74, 6) is -2.61. The fourth-order valence-electron chi connectivity index (χ4n) is 3.02. The maximum absolute atomic E-state index is 13.5. The molecule has 1 aliphatic carbocycles. The first-order valence-electron chi connectivity index (χ1n) is 8.68. The smallest absolute Gasteiger partial charge is 0.410 e. The van der Waals surface area contributed by atoms with Crippen molar-refractivity contribution in [2.24, 2.45) is 0 Å². The van der Waals surface area contributed by atoms with Crippen LogP contribution in [0.4, 0.5) is 13.6 Å². The number of hydrogen-bond donors (Lipinski definition) is 0. The molecule has 1 fully saturated rings. The highest BCUT2D eigenvalue weighted by Crippen LogP contribution is 2.35. The summed E-state index contributed by atoms with van der Waals surface area (Å²) in [5.41, 5.74) is 0.480. The number of nitrogens with zero attached hydrogens (tertiary/aromatic N) is 1. The van der Waals surface area contributed by atoms with Crippen molar-refractivity contribution in [1.82, 2.24) is 4.90 Å². The molecule has 140 valence electrons. The van der Waals surface area contributed by atoms with Gasteiger partial charge in [0.2, 0.25) is 5.92 Å². The summed E-state index contributed by atoms with van der Waals surface area (Å²) in [5, 5.41) is 0. The molecule has 0 aliphatic heterocycles. The Balaban J connectivity index is 2.07. The number of rotatable bonds is 4. The van der Waals surface area contributed by atoms with Gasteiger partial charge in [-0.05, 0) is 57.7 Å². The molecule has 0 saturated heterocycles. The highest BCUT2D eigenvalue weighted by Gasteiger charge is 2.39. The highest BCUT2D eigenvalue weighted by molar-refractivity contribution is 9.10. The van der Waals surface area contributed by atoms with Crippen LogP contribution in [0, 0.1) is 0 Å². The van der Waals surface area contributed by atoms with Gasteiger partial charge in [0.25, 0.3) is 0 Å². The lowest BCUT2D eigenvalue weighted by Gasteiger charge is -2.37. The molecule has 1 aliphatic rings. The van der Waals surface area contributed by atoms with Crippen LogP contribution in [-0.2, 0) is 11.2 Å². The monoisotopic (exact) mass is 417 g/mol. The van der Waals surface area contributed by atoms with E-state index in [2.05, 4.69) is 15.9 Å². The maximum atomic E-state index is 13.5. The fourth-order valence-corrected chi connectivity index (χ4v) is 3.47. The van der Waals surface area contributed by atoms with E-state index in [-0.39, 0.29) is 18.9 Å². The standard InChI is InChI=1S/C19H26BrF2NO2/c1-18(2,3)25-17(24)23(16-7-10-19(21,22)11-8-16)12-9-14-5-4-6-15(20)13-14/h4-6,13,16H,7-12H2,1-3H3. The number of benzene rings is 1. The summed E-state index contributed by atoms with van der Waals surface area (Å²) < 4.78 is 33.4. The van der Waals surface area contributed by atoms with Gasteiger partial charge >= 0.3 is 6.09 Å². The first-order chi connectivity index (χ1) is 11.6. The number of alkyl halides is 2. The molecule has 1 aromatic carbocycles. The molecule has 3 nitrogen and oxygen atoms in total. The second kappa shape index (κ2) is 8.02. The van der Waals surface area contributed by atoms with Crippen molar-refractivity contribution in [3.63, 3.8) is 0 Å². The van der Waals surface area contributed by atoms with Crippen molar-refractivity contribution in [3.05, 3.63) is 34.3 Å². The van der Waals surface area contributed by atoms with Crippen LogP contribution in [0.25, 0.3) is 0 Å². The van der Waals surface area contributed by atoms with E-state index in [1.54, 1.807) is 4.90 Å². The molecule has 0 radical (unpaired) electrons. The van der Waals surface area contributed by atoms with Gasteiger partial charge < -0.3 is 9.64 Å². The Hall–Kier alpha value is -1.17. The molecule has 1 amide bonds. The summed E-state index contributed by atoms with van der Waals surface area (Å²) in [6, 6.07) is 7.69. The van der Waals surface area contributed by atoms with Gasteiger partial charge in [-0.1, -0.05) is 28.1 Å². The molecule has 0 bridgehead atoms. The Kier molecular flexibility index (Phi) is 6.46. The van der Waals surface area contributed by atoms with E-state index in [0.717, 1.165) is 10.0 Å². The minimum atomic E-state index is -2.61. The first kappa shape index (κ1) is 20.1. The summed E-state index contributed by atoms with van der Waals surface area (Å²) >= 11 is 3.44. The van der Waals surface area contributed by atoms with E-state index in [1.807, 2.05) is 45.0 Å². The highest BCUT2D eigenvalue weighted by atomic mass is 79.9. The minimum absolute atomic E-state index is 0.173. The van der Waals surface area contributed by atoms with E-state index >= 15 is 0 Å². The second-order valence-corrected chi connectivity index (χ2v) is 8.56. The van der Waals surface area contributed by atoms with Gasteiger partial charge in [0, 0.05) is 29.9 Å². The van der Waals surface area contributed by atoms with Gasteiger partial charge in [-0.2, -0.15) is 0 Å². The van der Waals surface area contributed by atoms with Crippen LogP contribution in [0.1, 0.15) is 52.0 Å². The van der Waals surface area contributed by atoms with E-state index in [0.29, 0.717) is 25.8 Å². The average molecular weight is 418 g/mol. The third-order valence-electron chi connectivity index (χ3n) is 4.29. The zero-order valence-corrected chi connectivity index (χ0v) is 16.6. The number of halogens is 3. The van der Waals surface area contributed by atoms with E-state index < -0.39 is 17.6 Å². The van der Waals surface area contributed by atoms with Gasteiger partial charge in [-0.15, -0.1) is 0 Å². The zero-order chi connectivity index (χ0) is 18.7. The SMILES string of the molecule is CC(C)(C)OC(=O)N(CCc1cccc(Br)c1)C1CCC(F)(F)CC1. The molecule has 2 rings (SSSR count). The van der Waals surface area contributed by atoms with Gasteiger partial charge in [-0.25, -0.2) is 13.6 Å². The number of carbonyl (C=O) groups is 1. The van der Waals surface area contributed by atoms with Crippen LogP contribution < -0.4 is 0 Å². The third kappa shape index (κ3) is 6.57. The molecular formula is C19H26BrF2NO2. The lowest BCUT2D eigenvalue weighted by Crippen LogP contribution is -2.47. The maximum Gasteiger partial charge on any atom is 0.410 e. The summed E-state index contributed by atoms with van der Waals surface area (Å²) in [6.07, 6.45) is 0.514. The molecule has 0 N–H and O–H groups in total. The summed E-state index contributed by atoms with van der Waals surface area (Å²) in [7, 11) is 0. The summed E-state index contributed by atoms with van der Waals surface area (Å²) in [4.78, 5) is 14.3. The Morgan fingerprint density at radius 1 is 1.32 bits per heavy atom. The molecule has 1 aromatic rings. The second-order valence-electron chi connectivity index (χ2n) is 7.64. The number of amides is 1. The molecule has 0 spiro atoms. The van der Waals surface area contributed by atoms with Crippen LogP contribution >= 0.6 is 15.9 Å². The van der Waals surface area contributed by atoms with Gasteiger partial charge in [0.15, 0.2) is 0 Å². The molecule has 0 aromatic heterocycles. The quantitative estimate of drug-likeness (QED) is 0.618. The predicted molar refractivity (Wildman–Crippen MR) is 98.0 cm³/mol. The lowest BCUT2D eigenvalue weighted by atomic mass is 9.91. The van der Waals surface area contributed by atoms with Crippen LogP contribution in [0.15, 0.2) is 28.7 Å². The van der Waals surface area contributed by atoms with Crippen molar-refractivity contribution in [1.29, 1.82) is 0 Å². The van der Waals surface area contributed by atoms with Gasteiger partial charge in [0.1, 0.15) is 5.60 Å². The Bertz CT molecular complexity index is 591. The van der Waals surface area contributed by atoms with Crippen LogP contribution in [0.5, 0.6) is 0 Å². The largest absolute Gasteiger partial charge is 0.444 e. The normalized spacial score (nSPS) is 18.0. The van der Waals surface area contributed by atoms with E-state index in [9.17, 15) is 13.6 Å². The van der Waals surface area contributed by atoms with Crippen LogP contribution in [0.2, 0.25) is 0 Å². The zero-order valence-electron chi connectivity index (χ0n) is 15.0. The van der Waals surface area contributed by atoms with Crippen molar-refractivity contribution < 1.29 is 18.3 Å². The number of hydrogen-bond acceptors (Lipinski definition) is 2. The van der Waals surface area contributed by atoms with Crippen molar-refractivity contribution in [2.75, 3.05) is 6.54 Å². The van der Waals surface area contributed by atoms with E-state index in [4.69, 9.17) is 4.74 Å². The molecular weight excluding hydrogens is 392 g/mol. The first-order valence-corrected chi connectivity index (χ1v) is 9.47. The predicted octanol–water partition coefficient (Wildman–Crippen LogP) is 5.81. The van der Waals surface area contributed by atoms with Crippen molar-refractivity contribution in [2.45, 2.75) is 70.4 Å². The molecule has 6 heteroatoms. The average Bonchev–Trinajstić information content (AvgIpc) is 2.47. The van der Waals surface area contributed by atoms with Crippen LogP contribution in [0.3, 0.4) is 0 Å².